The largest absolute Gasteiger partial charge is 1.00 e. The fourth-order valence-corrected chi connectivity index (χ4v) is 8.81. The molecule has 13 heteroatoms. The van der Waals surface area contributed by atoms with Crippen LogP contribution in [0.15, 0.2) is 154 Å². The Bertz CT molecular complexity index is 2760. The molecule has 0 bridgehead atoms. The number of nitrogens with one attached hydrogen (secondary N) is 1. The van der Waals surface area contributed by atoms with Crippen LogP contribution < -0.4 is 44.5 Å². The summed E-state index contributed by atoms with van der Waals surface area (Å²) in [5.41, 5.74) is 11.6. The molecule has 0 aliphatic heterocycles. The molecule has 0 radical (unpaired) electrons. The van der Waals surface area contributed by atoms with E-state index in [4.69, 9.17) is 4.74 Å². The zero-order chi connectivity index (χ0) is 45.1. The van der Waals surface area contributed by atoms with Crippen molar-refractivity contribution in [3.63, 3.8) is 0 Å². The van der Waals surface area contributed by atoms with Gasteiger partial charge in [-0.2, -0.15) is 0 Å². The van der Waals surface area contributed by atoms with Crippen LogP contribution in [-0.4, -0.2) is 55.9 Å². The molecule has 5 aromatic carbocycles. The number of nitrogens with zero attached hydrogens (tertiary/aromatic N) is 2. The van der Waals surface area contributed by atoms with E-state index in [1.54, 1.807) is 12.1 Å². The van der Waals surface area contributed by atoms with Crippen LogP contribution in [-0.2, 0) is 33.3 Å². The van der Waals surface area contributed by atoms with Crippen LogP contribution in [0.3, 0.4) is 0 Å². The number of unbranched alkanes of at least 4 members (excludes halogenated alkanes) is 2. The molecule has 0 unspecified atom stereocenters. The van der Waals surface area contributed by atoms with Crippen molar-refractivity contribution in [3.05, 3.63) is 172 Å². The molecule has 64 heavy (non-hydrogen) atoms. The van der Waals surface area contributed by atoms with Gasteiger partial charge in [0, 0.05) is 54.3 Å². The Morgan fingerprint density at radius 1 is 0.719 bits per heavy atom. The smallest absolute Gasteiger partial charge is 0.744 e. The molecule has 330 valence electrons. The van der Waals surface area contributed by atoms with Gasteiger partial charge in [-0.3, -0.25) is 0 Å². The number of allylic oxidation sites excluding steroid dienone is 5. The van der Waals surface area contributed by atoms with Gasteiger partial charge in [-0.25, -0.2) is 21.4 Å². The van der Waals surface area contributed by atoms with Crippen molar-refractivity contribution in [3.8, 4) is 5.75 Å². The number of hydrogen-bond donors (Lipinski definition) is 1. The Morgan fingerprint density at radius 2 is 1.33 bits per heavy atom. The maximum absolute atomic E-state index is 11.8. The molecule has 1 N–H and O–H groups in total. The number of aryl methyl sites for hydroxylation is 1. The van der Waals surface area contributed by atoms with E-state index in [1.807, 2.05) is 43.3 Å². The topological polar surface area (TPSA) is 142 Å². The van der Waals surface area contributed by atoms with Crippen molar-refractivity contribution < 1.29 is 64.8 Å². The third-order valence-corrected chi connectivity index (χ3v) is 12.7. The SMILES string of the molecule is CCCCN(Cc1cccc(S(=O)(=O)[O-])c1)c1ccc(/C(=C2/C=CC(=[N+](CCCC)Cc3cccc(S(=O)(=O)[O-])c3)C=C2C)c2ccc(Nc3ccc(OCC)cc3)cc2)c(C)c1.[Na+]. The second kappa shape index (κ2) is 22.9. The predicted molar refractivity (Wildman–Crippen MR) is 251 cm³/mol. The summed E-state index contributed by atoms with van der Waals surface area (Å²) in [7, 11) is -9.18. The van der Waals surface area contributed by atoms with Gasteiger partial charge >= 0.3 is 29.6 Å². The molecular formula is C51H56N3NaO7S2. The van der Waals surface area contributed by atoms with E-state index in [-0.39, 0.29) is 39.3 Å². The molecule has 10 nitrogen and oxygen atoms in total. The Morgan fingerprint density at radius 3 is 1.91 bits per heavy atom. The first kappa shape index (κ1) is 50.2. The van der Waals surface area contributed by atoms with E-state index < -0.39 is 20.2 Å². The number of rotatable bonds is 19. The van der Waals surface area contributed by atoms with Crippen molar-refractivity contribution in [2.24, 2.45) is 0 Å². The fraction of sp³-hybridized carbons (Fsp3) is 0.275. The minimum atomic E-state index is -4.59. The first-order chi connectivity index (χ1) is 30.2. The van der Waals surface area contributed by atoms with Gasteiger partial charge in [-0.1, -0.05) is 69.2 Å². The minimum Gasteiger partial charge on any atom is -0.744 e. The van der Waals surface area contributed by atoms with Crippen molar-refractivity contribution in [2.75, 3.05) is 29.9 Å². The van der Waals surface area contributed by atoms with Crippen molar-refractivity contribution >= 4 is 48.6 Å². The van der Waals surface area contributed by atoms with Crippen LogP contribution in [0, 0.1) is 6.92 Å². The molecule has 1 aliphatic rings. The monoisotopic (exact) mass is 909 g/mol. The summed E-state index contributed by atoms with van der Waals surface area (Å²) in [4.78, 5) is 1.76. The van der Waals surface area contributed by atoms with Crippen LogP contribution in [0.5, 0.6) is 5.75 Å². The van der Waals surface area contributed by atoms with Gasteiger partial charge < -0.3 is 24.1 Å². The molecule has 0 saturated heterocycles. The van der Waals surface area contributed by atoms with E-state index in [0.29, 0.717) is 19.7 Å². The molecule has 0 amide bonds. The molecule has 0 aromatic heterocycles. The average molecular weight is 910 g/mol. The summed E-state index contributed by atoms with van der Waals surface area (Å²) >= 11 is 0. The molecule has 0 saturated carbocycles. The van der Waals surface area contributed by atoms with E-state index in [1.165, 1.54) is 24.3 Å². The molecule has 5 aromatic rings. The predicted octanol–water partition coefficient (Wildman–Crippen LogP) is 7.53. The van der Waals surface area contributed by atoms with E-state index in [9.17, 15) is 25.9 Å². The van der Waals surface area contributed by atoms with Crippen molar-refractivity contribution in [1.29, 1.82) is 0 Å². The Hall–Kier alpha value is -4.79. The summed E-state index contributed by atoms with van der Waals surface area (Å²) in [5, 5.41) is 3.50. The molecule has 0 fully saturated rings. The zero-order valence-corrected chi connectivity index (χ0v) is 41.3. The summed E-state index contributed by atoms with van der Waals surface area (Å²) < 4.78 is 78.9. The third kappa shape index (κ3) is 13.4. The minimum absolute atomic E-state index is 0. The van der Waals surface area contributed by atoms with Gasteiger partial charge in [0.05, 0.1) is 16.4 Å². The number of hydrogen-bond acceptors (Lipinski definition) is 9. The maximum Gasteiger partial charge on any atom is 1.00 e. The average Bonchev–Trinajstić information content (AvgIpc) is 3.26. The third-order valence-electron chi connectivity index (χ3n) is 11.0. The zero-order valence-electron chi connectivity index (χ0n) is 37.6. The molecule has 0 atom stereocenters. The van der Waals surface area contributed by atoms with Gasteiger partial charge in [0.25, 0.3) is 0 Å². The van der Waals surface area contributed by atoms with E-state index in [2.05, 4.69) is 103 Å². The molecular weight excluding hydrogens is 854 g/mol. The van der Waals surface area contributed by atoms with Crippen LogP contribution in [0.1, 0.15) is 81.2 Å². The first-order valence-electron chi connectivity index (χ1n) is 21.5. The van der Waals surface area contributed by atoms with Crippen LogP contribution in [0.4, 0.5) is 17.1 Å². The summed E-state index contributed by atoms with van der Waals surface area (Å²) in [6.07, 6.45) is 10.2. The van der Waals surface area contributed by atoms with Gasteiger partial charge in [0.2, 0.25) is 0 Å². The van der Waals surface area contributed by atoms with Crippen LogP contribution >= 0.6 is 0 Å². The van der Waals surface area contributed by atoms with Crippen molar-refractivity contribution in [2.45, 2.75) is 83.2 Å². The van der Waals surface area contributed by atoms with Gasteiger partial charge in [0.15, 0.2) is 12.3 Å². The Kier molecular flexibility index (Phi) is 18.0. The molecule has 0 heterocycles. The van der Waals surface area contributed by atoms with Gasteiger partial charge in [0.1, 0.15) is 32.5 Å². The number of ether oxygens (including phenoxy) is 1. The molecule has 0 spiro atoms. The fourth-order valence-electron chi connectivity index (χ4n) is 7.73. The van der Waals surface area contributed by atoms with Crippen molar-refractivity contribution in [1.82, 2.24) is 0 Å². The standard InChI is InChI=1S/C51H57N3O7S2.Na/c1-6-9-29-53(35-39-13-11-15-47(33-39)62(55,56)57)44-23-27-49(37(4)31-44)51(41-17-19-42(20-18-41)52-43-21-25-46(26-22-43)61-8-3)50-28-24-45(32-38(50)5)54(30-10-7-2)36-40-14-12-16-48(34-40)63(58,59)60;/h11-28,31-34H,6-10,29-30,35-36H2,1-5H3,(H2,55,56,57,58,59,60);/q;+1/p-1. The Labute approximate surface area is 401 Å². The van der Waals surface area contributed by atoms with Crippen LogP contribution in [0.2, 0.25) is 0 Å². The second-order valence-corrected chi connectivity index (χ2v) is 18.5. The van der Waals surface area contributed by atoms with Gasteiger partial charge in [-0.15, -0.1) is 0 Å². The molecule has 6 rings (SSSR count). The summed E-state index contributed by atoms with van der Waals surface area (Å²) in [5.74, 6) is 0.815. The van der Waals surface area contributed by atoms with E-state index >= 15 is 0 Å². The normalized spacial score (nSPS) is 14.3. The van der Waals surface area contributed by atoms with E-state index in [0.717, 1.165) is 112 Å². The maximum atomic E-state index is 11.8. The summed E-state index contributed by atoms with van der Waals surface area (Å²) in [6.45, 7) is 13.4. The number of anilines is 3. The first-order valence-corrected chi connectivity index (χ1v) is 24.3. The quantitative estimate of drug-likeness (QED) is 0.0506. The number of benzene rings is 5. The Balaban J connectivity index is 0.00000771. The van der Waals surface area contributed by atoms with Crippen LogP contribution in [0.25, 0.3) is 5.57 Å². The second-order valence-electron chi connectivity index (χ2n) is 15.8. The van der Waals surface area contributed by atoms with Gasteiger partial charge in [-0.05, 0) is 145 Å². The summed E-state index contributed by atoms with van der Waals surface area (Å²) in [6, 6.07) is 35.2. The molecule has 1 aliphatic carbocycles.